The molecule has 1 atom stereocenters. The minimum atomic E-state index is -3.95. The molecule has 116 valence electrons. The number of piperidine rings is 1. The molecule has 1 aromatic rings. The average Bonchev–Trinajstić information content (AvgIpc) is 2.44. The Kier molecular flexibility index (Phi) is 4.92. The van der Waals surface area contributed by atoms with Crippen LogP contribution < -0.4 is 0 Å². The van der Waals surface area contributed by atoms with Crippen molar-refractivity contribution in [1.29, 1.82) is 0 Å². The number of rotatable bonds is 3. The van der Waals surface area contributed by atoms with E-state index in [0.717, 1.165) is 6.07 Å². The summed E-state index contributed by atoms with van der Waals surface area (Å²) in [6.45, 7) is 2.00. The van der Waals surface area contributed by atoms with Gasteiger partial charge in [0, 0.05) is 25.4 Å². The van der Waals surface area contributed by atoms with Crippen LogP contribution in [-0.2, 0) is 14.8 Å². The molecule has 0 saturated carbocycles. The van der Waals surface area contributed by atoms with Crippen LogP contribution in [0.2, 0.25) is 10.0 Å². The highest BCUT2D eigenvalue weighted by Crippen LogP contribution is 2.32. The van der Waals surface area contributed by atoms with Crippen LogP contribution in [0.15, 0.2) is 17.0 Å². The first-order valence-corrected chi connectivity index (χ1v) is 8.65. The normalized spacial score (nSPS) is 20.8. The minimum Gasteiger partial charge on any atom is -0.299 e. The maximum atomic E-state index is 13.7. The maximum absolute atomic E-state index is 13.7. The van der Waals surface area contributed by atoms with Crippen LogP contribution in [-0.4, -0.2) is 31.6 Å². The lowest BCUT2D eigenvalue weighted by atomic mass is 9.96. The van der Waals surface area contributed by atoms with Crippen LogP contribution in [0.4, 0.5) is 4.39 Å². The third kappa shape index (κ3) is 3.08. The predicted molar refractivity (Wildman–Crippen MR) is 78.6 cm³/mol. The molecule has 0 bridgehead atoms. The van der Waals surface area contributed by atoms with Crippen molar-refractivity contribution in [2.45, 2.75) is 24.7 Å². The summed E-state index contributed by atoms with van der Waals surface area (Å²) < 4.78 is 40.0. The van der Waals surface area contributed by atoms with E-state index >= 15 is 0 Å². The van der Waals surface area contributed by atoms with Crippen molar-refractivity contribution < 1.29 is 17.6 Å². The van der Waals surface area contributed by atoms with Crippen molar-refractivity contribution in [1.82, 2.24) is 4.31 Å². The van der Waals surface area contributed by atoms with Gasteiger partial charge in [0.25, 0.3) is 0 Å². The summed E-state index contributed by atoms with van der Waals surface area (Å²) in [5.41, 5.74) is 0. The van der Waals surface area contributed by atoms with Gasteiger partial charge in [-0.15, -0.1) is 0 Å². The van der Waals surface area contributed by atoms with E-state index in [9.17, 15) is 17.6 Å². The van der Waals surface area contributed by atoms with Gasteiger partial charge in [-0.1, -0.05) is 30.1 Å². The number of nitrogens with zero attached hydrogens (tertiary/aromatic N) is 1. The standard InChI is InChI=1S/C13H14Cl2FNO3S/c1-2-8-7-17(6-5-10(8)18)21(19,20)11-4-3-9(14)13(16)12(11)15/h3-4,8H,2,5-7H2,1H3. The second kappa shape index (κ2) is 6.20. The van der Waals surface area contributed by atoms with Crippen molar-refractivity contribution >= 4 is 39.0 Å². The van der Waals surface area contributed by atoms with E-state index in [1.165, 1.54) is 10.4 Å². The smallest absolute Gasteiger partial charge is 0.244 e. The lowest BCUT2D eigenvalue weighted by molar-refractivity contribution is -0.125. The maximum Gasteiger partial charge on any atom is 0.244 e. The first kappa shape index (κ1) is 16.7. The Morgan fingerprint density at radius 1 is 1.38 bits per heavy atom. The molecule has 2 rings (SSSR count). The van der Waals surface area contributed by atoms with E-state index in [1.807, 2.05) is 6.92 Å². The summed E-state index contributed by atoms with van der Waals surface area (Å²) in [5, 5.41) is -0.758. The number of ketones is 1. The summed E-state index contributed by atoms with van der Waals surface area (Å²) in [6.07, 6.45) is 0.721. The van der Waals surface area contributed by atoms with Crippen LogP contribution in [0.5, 0.6) is 0 Å². The largest absolute Gasteiger partial charge is 0.299 e. The van der Waals surface area contributed by atoms with Gasteiger partial charge in [0.15, 0.2) is 5.82 Å². The fourth-order valence-corrected chi connectivity index (χ4v) is 4.50. The molecule has 1 aliphatic rings. The molecule has 0 amide bonds. The second-order valence-electron chi connectivity index (χ2n) is 4.86. The molecule has 1 aliphatic heterocycles. The van der Waals surface area contributed by atoms with E-state index in [2.05, 4.69) is 0 Å². The van der Waals surface area contributed by atoms with Gasteiger partial charge in [0.1, 0.15) is 10.7 Å². The van der Waals surface area contributed by atoms with Crippen molar-refractivity contribution in [2.24, 2.45) is 5.92 Å². The fourth-order valence-electron chi connectivity index (χ4n) is 2.30. The molecule has 0 aliphatic carbocycles. The molecule has 1 unspecified atom stereocenters. The number of benzene rings is 1. The lowest BCUT2D eigenvalue weighted by Gasteiger charge is -2.30. The van der Waals surface area contributed by atoms with E-state index in [4.69, 9.17) is 23.2 Å². The number of sulfonamides is 1. The molecule has 1 fully saturated rings. The summed E-state index contributed by atoms with van der Waals surface area (Å²) >= 11 is 11.3. The average molecular weight is 354 g/mol. The van der Waals surface area contributed by atoms with Crippen LogP contribution in [0.25, 0.3) is 0 Å². The Bertz CT molecular complexity index is 678. The summed E-state index contributed by atoms with van der Waals surface area (Å²) in [7, 11) is -3.95. The molecule has 4 nitrogen and oxygen atoms in total. The zero-order chi connectivity index (χ0) is 15.8. The molecule has 0 aromatic heterocycles. The lowest BCUT2D eigenvalue weighted by Crippen LogP contribution is -2.43. The minimum absolute atomic E-state index is 0.0531. The highest BCUT2D eigenvalue weighted by Gasteiger charge is 2.35. The number of carbonyl (C=O) groups is 1. The molecule has 0 N–H and O–H groups in total. The van der Waals surface area contributed by atoms with Gasteiger partial charge >= 0.3 is 0 Å². The van der Waals surface area contributed by atoms with Crippen molar-refractivity contribution in [3.8, 4) is 0 Å². The molecular formula is C13H14Cl2FNO3S. The predicted octanol–water partition coefficient (Wildman–Crippen LogP) is 3.12. The van der Waals surface area contributed by atoms with Crippen molar-refractivity contribution in [3.05, 3.63) is 28.0 Å². The number of hydrogen-bond donors (Lipinski definition) is 0. The molecule has 1 saturated heterocycles. The second-order valence-corrected chi connectivity index (χ2v) is 7.55. The number of halogens is 3. The van der Waals surface area contributed by atoms with E-state index in [-0.39, 0.29) is 41.1 Å². The monoisotopic (exact) mass is 353 g/mol. The van der Waals surface area contributed by atoms with Gasteiger partial charge in [0.05, 0.1) is 10.0 Å². The Hall–Kier alpha value is -0.690. The Morgan fingerprint density at radius 3 is 2.67 bits per heavy atom. The number of hydrogen-bond acceptors (Lipinski definition) is 3. The molecule has 0 spiro atoms. The Labute approximate surface area is 132 Å². The third-order valence-electron chi connectivity index (χ3n) is 3.60. The Morgan fingerprint density at radius 2 is 2.05 bits per heavy atom. The highest BCUT2D eigenvalue weighted by molar-refractivity contribution is 7.89. The molecule has 8 heteroatoms. The molecule has 0 radical (unpaired) electrons. The Balaban J connectivity index is 2.39. The first-order chi connectivity index (χ1) is 9.78. The molecule has 1 aromatic carbocycles. The van der Waals surface area contributed by atoms with Gasteiger partial charge in [0.2, 0.25) is 10.0 Å². The zero-order valence-electron chi connectivity index (χ0n) is 11.3. The van der Waals surface area contributed by atoms with E-state index in [1.54, 1.807) is 0 Å². The number of carbonyl (C=O) groups excluding carboxylic acids is 1. The molecular weight excluding hydrogens is 340 g/mol. The van der Waals surface area contributed by atoms with Gasteiger partial charge in [-0.3, -0.25) is 4.79 Å². The van der Waals surface area contributed by atoms with Gasteiger partial charge in [-0.25, -0.2) is 12.8 Å². The van der Waals surface area contributed by atoms with Crippen molar-refractivity contribution in [3.63, 3.8) is 0 Å². The summed E-state index contributed by atoms with van der Waals surface area (Å²) in [5.74, 6) is -1.23. The van der Waals surface area contributed by atoms with Gasteiger partial charge in [-0.05, 0) is 18.6 Å². The van der Waals surface area contributed by atoms with Crippen LogP contribution >= 0.6 is 23.2 Å². The number of Topliss-reactive ketones (excluding diaryl/α,β-unsaturated/α-hetero) is 1. The van der Waals surface area contributed by atoms with E-state index in [0.29, 0.717) is 6.42 Å². The summed E-state index contributed by atoms with van der Waals surface area (Å²) in [6, 6.07) is 2.34. The molecule has 1 heterocycles. The highest BCUT2D eigenvalue weighted by atomic mass is 35.5. The van der Waals surface area contributed by atoms with Crippen LogP contribution in [0.3, 0.4) is 0 Å². The zero-order valence-corrected chi connectivity index (χ0v) is 13.6. The quantitative estimate of drug-likeness (QED) is 0.784. The first-order valence-electron chi connectivity index (χ1n) is 6.45. The fraction of sp³-hybridized carbons (Fsp3) is 0.462. The van der Waals surface area contributed by atoms with Gasteiger partial charge in [-0.2, -0.15) is 4.31 Å². The summed E-state index contributed by atoms with van der Waals surface area (Å²) in [4.78, 5) is 11.4. The third-order valence-corrected chi connectivity index (χ3v) is 6.28. The topological polar surface area (TPSA) is 54.5 Å². The van der Waals surface area contributed by atoms with Gasteiger partial charge < -0.3 is 0 Å². The molecule has 21 heavy (non-hydrogen) atoms. The van der Waals surface area contributed by atoms with E-state index < -0.39 is 20.9 Å². The van der Waals surface area contributed by atoms with Crippen LogP contribution in [0, 0.1) is 11.7 Å². The van der Waals surface area contributed by atoms with Crippen LogP contribution in [0.1, 0.15) is 19.8 Å². The SMILES string of the molecule is CCC1CN(S(=O)(=O)c2ccc(Cl)c(F)c2Cl)CCC1=O. The van der Waals surface area contributed by atoms with Crippen molar-refractivity contribution in [2.75, 3.05) is 13.1 Å².